The van der Waals surface area contributed by atoms with Gasteiger partial charge in [0, 0.05) is 0 Å². The van der Waals surface area contributed by atoms with E-state index in [0.717, 1.165) is 22.4 Å². The number of benzene rings is 3. The van der Waals surface area contributed by atoms with E-state index in [0.29, 0.717) is 6.61 Å². The predicted octanol–water partition coefficient (Wildman–Crippen LogP) is 4.41. The third-order valence-electron chi connectivity index (χ3n) is 4.05. The summed E-state index contributed by atoms with van der Waals surface area (Å²) in [6.45, 7) is 2.56. The molecule has 1 N–H and O–H groups in total. The van der Waals surface area contributed by atoms with Crippen molar-refractivity contribution in [3.63, 3.8) is 0 Å². The van der Waals surface area contributed by atoms with Crippen molar-refractivity contribution < 1.29 is 13.9 Å². The number of aryl methyl sites for hydroxylation is 1. The molecule has 0 aliphatic carbocycles. The molecule has 0 spiro atoms. The standard InChI is InChI=1S/C23H21FN2O2/c1-17-3-2-4-20(13-17)16-28-22-11-7-19(8-12-22)15-25-26-23(27)14-18-5-9-21(24)10-6-18/h2-13,15H,14,16H2,1H3,(H,26,27)/b25-15+. The Morgan fingerprint density at radius 3 is 2.50 bits per heavy atom. The van der Waals surface area contributed by atoms with E-state index in [1.54, 1.807) is 18.3 Å². The average molecular weight is 376 g/mol. The second-order valence-electron chi connectivity index (χ2n) is 6.44. The zero-order valence-corrected chi connectivity index (χ0v) is 15.6. The van der Waals surface area contributed by atoms with Gasteiger partial charge in [0.05, 0.1) is 12.6 Å². The van der Waals surface area contributed by atoms with Crippen LogP contribution < -0.4 is 10.2 Å². The molecule has 3 aromatic carbocycles. The first-order valence-electron chi connectivity index (χ1n) is 8.93. The highest BCUT2D eigenvalue weighted by molar-refractivity contribution is 5.83. The Kier molecular flexibility index (Phi) is 6.52. The summed E-state index contributed by atoms with van der Waals surface area (Å²) in [5.41, 5.74) is 6.35. The van der Waals surface area contributed by atoms with Crippen LogP contribution in [-0.2, 0) is 17.8 Å². The summed E-state index contributed by atoms with van der Waals surface area (Å²) >= 11 is 0. The van der Waals surface area contributed by atoms with Gasteiger partial charge in [-0.1, -0.05) is 42.0 Å². The summed E-state index contributed by atoms with van der Waals surface area (Å²) in [6, 6.07) is 21.4. The summed E-state index contributed by atoms with van der Waals surface area (Å²) in [5, 5.41) is 3.95. The van der Waals surface area contributed by atoms with Crippen molar-refractivity contribution in [2.45, 2.75) is 20.0 Å². The molecule has 3 aromatic rings. The molecule has 0 heterocycles. The lowest BCUT2D eigenvalue weighted by Gasteiger charge is -2.07. The van der Waals surface area contributed by atoms with Crippen LogP contribution in [-0.4, -0.2) is 12.1 Å². The van der Waals surface area contributed by atoms with E-state index in [9.17, 15) is 9.18 Å². The van der Waals surface area contributed by atoms with Crippen molar-refractivity contribution >= 4 is 12.1 Å². The topological polar surface area (TPSA) is 50.7 Å². The van der Waals surface area contributed by atoms with E-state index in [-0.39, 0.29) is 18.1 Å². The molecule has 0 aromatic heterocycles. The van der Waals surface area contributed by atoms with Crippen LogP contribution in [0, 0.1) is 12.7 Å². The molecule has 0 aliphatic rings. The smallest absolute Gasteiger partial charge is 0.244 e. The van der Waals surface area contributed by atoms with Crippen LogP contribution in [0.5, 0.6) is 5.75 Å². The van der Waals surface area contributed by atoms with Crippen molar-refractivity contribution in [2.75, 3.05) is 0 Å². The second kappa shape index (κ2) is 9.46. The number of carbonyl (C=O) groups excluding carboxylic acids is 1. The quantitative estimate of drug-likeness (QED) is 0.491. The Morgan fingerprint density at radius 1 is 1.04 bits per heavy atom. The minimum Gasteiger partial charge on any atom is -0.489 e. The van der Waals surface area contributed by atoms with Gasteiger partial charge in [0.1, 0.15) is 18.2 Å². The zero-order chi connectivity index (χ0) is 19.8. The number of amides is 1. The van der Waals surface area contributed by atoms with Gasteiger partial charge in [-0.2, -0.15) is 5.10 Å². The van der Waals surface area contributed by atoms with Gasteiger partial charge in [-0.3, -0.25) is 4.79 Å². The average Bonchev–Trinajstić information content (AvgIpc) is 2.69. The Bertz CT molecular complexity index is 951. The van der Waals surface area contributed by atoms with Gasteiger partial charge in [-0.05, 0) is 60.0 Å². The molecule has 0 radical (unpaired) electrons. The molecular formula is C23H21FN2O2. The summed E-state index contributed by atoms with van der Waals surface area (Å²) in [6.07, 6.45) is 1.70. The molecule has 0 fully saturated rings. The van der Waals surface area contributed by atoms with Gasteiger partial charge in [-0.25, -0.2) is 9.82 Å². The molecule has 3 rings (SSSR count). The molecule has 5 heteroatoms. The number of nitrogens with one attached hydrogen (secondary N) is 1. The second-order valence-corrected chi connectivity index (χ2v) is 6.44. The number of ether oxygens (including phenoxy) is 1. The molecule has 0 aliphatic heterocycles. The van der Waals surface area contributed by atoms with Crippen LogP contribution >= 0.6 is 0 Å². The summed E-state index contributed by atoms with van der Waals surface area (Å²) in [5.74, 6) is 0.174. The summed E-state index contributed by atoms with van der Waals surface area (Å²) in [7, 11) is 0. The van der Waals surface area contributed by atoms with Crippen LogP contribution in [0.1, 0.15) is 22.3 Å². The third-order valence-corrected chi connectivity index (χ3v) is 4.05. The highest BCUT2D eigenvalue weighted by atomic mass is 19.1. The fraction of sp³-hybridized carbons (Fsp3) is 0.130. The number of carbonyl (C=O) groups is 1. The van der Waals surface area contributed by atoms with Gasteiger partial charge >= 0.3 is 0 Å². The lowest BCUT2D eigenvalue weighted by Crippen LogP contribution is -2.19. The van der Waals surface area contributed by atoms with E-state index in [1.165, 1.54) is 17.7 Å². The van der Waals surface area contributed by atoms with E-state index < -0.39 is 0 Å². The van der Waals surface area contributed by atoms with Crippen molar-refractivity contribution in [3.05, 3.63) is 101 Å². The first kappa shape index (κ1) is 19.3. The maximum atomic E-state index is 12.9. The number of hydrogen-bond acceptors (Lipinski definition) is 3. The SMILES string of the molecule is Cc1cccc(COc2ccc(/C=N/NC(=O)Cc3ccc(F)cc3)cc2)c1. The lowest BCUT2D eigenvalue weighted by molar-refractivity contribution is -0.120. The van der Waals surface area contributed by atoms with Crippen molar-refractivity contribution in [1.82, 2.24) is 5.43 Å². The van der Waals surface area contributed by atoms with Gasteiger partial charge < -0.3 is 4.74 Å². The van der Waals surface area contributed by atoms with Gasteiger partial charge in [0.15, 0.2) is 0 Å². The first-order chi connectivity index (χ1) is 13.6. The van der Waals surface area contributed by atoms with Gasteiger partial charge in [-0.15, -0.1) is 0 Å². The lowest BCUT2D eigenvalue weighted by atomic mass is 10.1. The maximum Gasteiger partial charge on any atom is 0.244 e. The van der Waals surface area contributed by atoms with Crippen molar-refractivity contribution in [1.29, 1.82) is 0 Å². The first-order valence-corrected chi connectivity index (χ1v) is 8.93. The normalized spacial score (nSPS) is 10.8. The van der Waals surface area contributed by atoms with Crippen molar-refractivity contribution in [2.24, 2.45) is 5.10 Å². The van der Waals surface area contributed by atoms with Gasteiger partial charge in [0.25, 0.3) is 0 Å². The number of halogens is 1. The fourth-order valence-corrected chi connectivity index (χ4v) is 2.62. The highest BCUT2D eigenvalue weighted by Crippen LogP contribution is 2.14. The van der Waals surface area contributed by atoms with E-state index >= 15 is 0 Å². The third kappa shape index (κ3) is 6.06. The Labute approximate surface area is 163 Å². The van der Waals surface area contributed by atoms with Gasteiger partial charge in [0.2, 0.25) is 5.91 Å². The Morgan fingerprint density at radius 2 is 1.79 bits per heavy atom. The number of nitrogens with zero attached hydrogens (tertiary/aromatic N) is 1. The highest BCUT2D eigenvalue weighted by Gasteiger charge is 2.02. The van der Waals surface area contributed by atoms with E-state index in [1.807, 2.05) is 36.4 Å². The zero-order valence-electron chi connectivity index (χ0n) is 15.6. The Hall–Kier alpha value is -3.47. The Balaban J connectivity index is 1.46. The molecule has 0 bridgehead atoms. The predicted molar refractivity (Wildman–Crippen MR) is 108 cm³/mol. The van der Waals surface area contributed by atoms with Crippen LogP contribution in [0.3, 0.4) is 0 Å². The number of hydrogen-bond donors (Lipinski definition) is 1. The minimum absolute atomic E-state index is 0.142. The molecular weight excluding hydrogens is 355 g/mol. The monoisotopic (exact) mass is 376 g/mol. The molecule has 28 heavy (non-hydrogen) atoms. The maximum absolute atomic E-state index is 12.9. The van der Waals surface area contributed by atoms with E-state index in [2.05, 4.69) is 29.6 Å². The fourth-order valence-electron chi connectivity index (χ4n) is 2.62. The van der Waals surface area contributed by atoms with Crippen LogP contribution in [0.25, 0.3) is 0 Å². The molecule has 0 atom stereocenters. The number of rotatable bonds is 7. The largest absolute Gasteiger partial charge is 0.489 e. The van der Waals surface area contributed by atoms with Crippen molar-refractivity contribution in [3.8, 4) is 5.75 Å². The number of hydrazone groups is 1. The van der Waals surface area contributed by atoms with Crippen LogP contribution in [0.4, 0.5) is 4.39 Å². The summed E-state index contributed by atoms with van der Waals surface area (Å²) in [4.78, 5) is 11.8. The van der Waals surface area contributed by atoms with Crippen LogP contribution in [0.15, 0.2) is 77.9 Å². The molecule has 0 saturated heterocycles. The molecule has 4 nitrogen and oxygen atoms in total. The van der Waals surface area contributed by atoms with E-state index in [4.69, 9.17) is 4.74 Å². The molecule has 1 amide bonds. The molecule has 0 unspecified atom stereocenters. The molecule has 0 saturated carbocycles. The minimum atomic E-state index is -0.325. The van der Waals surface area contributed by atoms with Crippen LogP contribution in [0.2, 0.25) is 0 Å². The summed E-state index contributed by atoms with van der Waals surface area (Å²) < 4.78 is 18.6. The molecule has 142 valence electrons.